The number of benzene rings is 2. The number of unbranched alkanes of at least 4 members (excludes halogenated alkanes) is 2. The molecular formula is C29H42ClN3O4. The average Bonchev–Trinajstić information content (AvgIpc) is 2.89. The summed E-state index contributed by atoms with van der Waals surface area (Å²) in [5, 5.41) is 3.51. The molecule has 1 amide bonds. The Morgan fingerprint density at radius 2 is 1.68 bits per heavy atom. The highest BCUT2D eigenvalue weighted by atomic mass is 35.5. The molecule has 1 saturated carbocycles. The molecule has 7 nitrogen and oxygen atoms in total. The minimum atomic E-state index is 0. The Bertz CT molecular complexity index is 976. The van der Waals surface area contributed by atoms with Crippen molar-refractivity contribution in [1.82, 2.24) is 4.90 Å². The van der Waals surface area contributed by atoms with Crippen LogP contribution in [0.5, 0.6) is 17.2 Å². The van der Waals surface area contributed by atoms with E-state index in [2.05, 4.69) is 23.8 Å². The molecule has 1 fully saturated rings. The number of methoxy groups -OCH3 is 1. The number of hydrogen-bond donors (Lipinski definition) is 1. The second-order valence-electron chi connectivity index (χ2n) is 9.57. The standard InChI is InChI=1S/C29H41N3O4.ClH/c1-22(2)32(25-10-6-4-7-11-25)29(33)24-14-17-27(28(20-24)34-3)36-19-9-5-8-18-35-26-15-12-23(13-16-26)21-31-30;/h12-17,20-22,25H,4-11,18-19,30H2,1-3H3;1H. The lowest BCUT2D eigenvalue weighted by atomic mass is 9.92. The first kappa shape index (κ1) is 30.3. The van der Waals surface area contributed by atoms with Crippen molar-refractivity contribution in [1.29, 1.82) is 0 Å². The van der Waals surface area contributed by atoms with Gasteiger partial charge in [0.2, 0.25) is 0 Å². The maximum Gasteiger partial charge on any atom is 0.254 e. The molecule has 0 unspecified atom stereocenters. The Hall–Kier alpha value is -2.93. The van der Waals surface area contributed by atoms with E-state index in [1.54, 1.807) is 13.3 Å². The highest BCUT2D eigenvalue weighted by Crippen LogP contribution is 2.31. The lowest BCUT2D eigenvalue weighted by Crippen LogP contribution is -2.45. The van der Waals surface area contributed by atoms with E-state index in [-0.39, 0.29) is 24.4 Å². The molecule has 2 aromatic carbocycles. The van der Waals surface area contributed by atoms with Crippen molar-refractivity contribution in [2.45, 2.75) is 77.3 Å². The normalized spacial score (nSPS) is 13.8. The Morgan fingerprint density at radius 3 is 2.30 bits per heavy atom. The zero-order valence-corrected chi connectivity index (χ0v) is 23.2. The highest BCUT2D eigenvalue weighted by molar-refractivity contribution is 5.95. The van der Waals surface area contributed by atoms with Crippen molar-refractivity contribution in [3.63, 3.8) is 0 Å². The largest absolute Gasteiger partial charge is 0.494 e. The molecule has 1 aliphatic carbocycles. The molecule has 3 rings (SSSR count). The summed E-state index contributed by atoms with van der Waals surface area (Å²) in [4.78, 5) is 15.4. The Balaban J connectivity index is 0.00000481. The summed E-state index contributed by atoms with van der Waals surface area (Å²) in [5.74, 6) is 7.33. The van der Waals surface area contributed by atoms with Crippen LogP contribution in [-0.2, 0) is 0 Å². The smallest absolute Gasteiger partial charge is 0.254 e. The van der Waals surface area contributed by atoms with E-state index >= 15 is 0 Å². The quantitative estimate of drug-likeness (QED) is 0.143. The molecule has 2 N–H and O–H groups in total. The molecule has 8 heteroatoms. The third kappa shape index (κ3) is 9.15. The Labute approximate surface area is 227 Å². The van der Waals surface area contributed by atoms with Crippen LogP contribution in [0, 0.1) is 0 Å². The summed E-state index contributed by atoms with van der Waals surface area (Å²) in [5.41, 5.74) is 1.59. The fourth-order valence-corrected chi connectivity index (χ4v) is 4.74. The monoisotopic (exact) mass is 531 g/mol. The van der Waals surface area contributed by atoms with Crippen molar-refractivity contribution in [2.75, 3.05) is 20.3 Å². The van der Waals surface area contributed by atoms with Crippen LogP contribution < -0.4 is 20.1 Å². The summed E-state index contributed by atoms with van der Waals surface area (Å²) < 4.78 is 17.3. The number of hydrogen-bond acceptors (Lipinski definition) is 6. The number of halogens is 1. The number of hydrazone groups is 1. The molecule has 0 bridgehead atoms. The van der Waals surface area contributed by atoms with Gasteiger partial charge in [0, 0.05) is 17.6 Å². The zero-order valence-electron chi connectivity index (χ0n) is 22.4. The third-order valence-corrected chi connectivity index (χ3v) is 6.59. The van der Waals surface area contributed by atoms with Crippen molar-refractivity contribution in [3.8, 4) is 17.2 Å². The minimum absolute atomic E-state index is 0. The predicted molar refractivity (Wildman–Crippen MR) is 151 cm³/mol. The van der Waals surface area contributed by atoms with Crippen LogP contribution >= 0.6 is 12.4 Å². The second-order valence-corrected chi connectivity index (χ2v) is 9.57. The first-order valence-corrected chi connectivity index (χ1v) is 13.1. The highest BCUT2D eigenvalue weighted by Gasteiger charge is 2.28. The number of nitrogens with two attached hydrogens (primary N) is 1. The van der Waals surface area contributed by atoms with Crippen LogP contribution in [0.4, 0.5) is 0 Å². The molecule has 0 aromatic heterocycles. The maximum atomic E-state index is 13.4. The SMILES string of the molecule is COc1cc(C(=O)N(C(C)C)C2CCCCC2)ccc1OCCCCCOc1ccc(C=NN)cc1.Cl. The predicted octanol–water partition coefficient (Wildman–Crippen LogP) is 6.22. The van der Waals surface area contributed by atoms with Gasteiger partial charge in [-0.25, -0.2) is 0 Å². The van der Waals surface area contributed by atoms with Crippen LogP contribution in [0.2, 0.25) is 0 Å². The van der Waals surface area contributed by atoms with Crippen LogP contribution in [0.1, 0.15) is 81.1 Å². The van der Waals surface area contributed by atoms with Gasteiger partial charge in [-0.05, 0) is 94.0 Å². The molecule has 2 aromatic rings. The lowest BCUT2D eigenvalue weighted by Gasteiger charge is -2.37. The number of rotatable bonds is 13. The third-order valence-electron chi connectivity index (χ3n) is 6.59. The van der Waals surface area contributed by atoms with Crippen LogP contribution in [0.3, 0.4) is 0 Å². The van der Waals surface area contributed by atoms with Crippen LogP contribution in [0.15, 0.2) is 47.6 Å². The summed E-state index contributed by atoms with van der Waals surface area (Å²) in [6.45, 7) is 5.43. The molecule has 1 aliphatic rings. The molecule has 0 spiro atoms. The molecule has 0 saturated heterocycles. The second kappa shape index (κ2) is 16.0. The van der Waals surface area contributed by atoms with Gasteiger partial charge >= 0.3 is 0 Å². The van der Waals surface area contributed by atoms with E-state index in [1.807, 2.05) is 42.5 Å². The van der Waals surface area contributed by atoms with Gasteiger partial charge in [-0.15, -0.1) is 12.4 Å². The summed E-state index contributed by atoms with van der Waals surface area (Å²) in [6.07, 6.45) is 10.3. The van der Waals surface area contributed by atoms with Gasteiger partial charge in [0.25, 0.3) is 5.91 Å². The number of carbonyl (C=O) groups excluding carboxylic acids is 1. The van der Waals surface area contributed by atoms with E-state index < -0.39 is 0 Å². The topological polar surface area (TPSA) is 86.4 Å². The molecule has 204 valence electrons. The van der Waals surface area contributed by atoms with Gasteiger partial charge in [-0.3, -0.25) is 4.79 Å². The zero-order chi connectivity index (χ0) is 25.8. The minimum Gasteiger partial charge on any atom is -0.494 e. The fraction of sp³-hybridized carbons (Fsp3) is 0.517. The van der Waals surface area contributed by atoms with Gasteiger partial charge in [-0.1, -0.05) is 19.3 Å². The van der Waals surface area contributed by atoms with Gasteiger partial charge in [0.05, 0.1) is 26.5 Å². The van der Waals surface area contributed by atoms with Crippen molar-refractivity contribution in [3.05, 3.63) is 53.6 Å². The molecule has 0 heterocycles. The van der Waals surface area contributed by atoms with Crippen LogP contribution in [-0.4, -0.2) is 49.4 Å². The maximum absolute atomic E-state index is 13.4. The number of ether oxygens (including phenoxy) is 3. The van der Waals surface area contributed by atoms with E-state index in [9.17, 15) is 4.79 Å². The molecule has 0 radical (unpaired) electrons. The van der Waals surface area contributed by atoms with E-state index in [0.29, 0.717) is 36.3 Å². The number of amides is 1. The summed E-state index contributed by atoms with van der Waals surface area (Å²) in [7, 11) is 1.62. The van der Waals surface area contributed by atoms with E-state index in [0.717, 1.165) is 43.4 Å². The molecule has 0 aliphatic heterocycles. The molecular weight excluding hydrogens is 490 g/mol. The van der Waals surface area contributed by atoms with Gasteiger partial charge in [0.1, 0.15) is 5.75 Å². The van der Waals surface area contributed by atoms with Crippen molar-refractivity contribution >= 4 is 24.5 Å². The van der Waals surface area contributed by atoms with Gasteiger partial charge in [-0.2, -0.15) is 5.10 Å². The fourth-order valence-electron chi connectivity index (χ4n) is 4.74. The Morgan fingerprint density at radius 1 is 1.00 bits per heavy atom. The number of nitrogens with zero attached hydrogens (tertiary/aromatic N) is 2. The lowest BCUT2D eigenvalue weighted by molar-refractivity contribution is 0.0555. The first-order valence-electron chi connectivity index (χ1n) is 13.1. The average molecular weight is 532 g/mol. The summed E-state index contributed by atoms with van der Waals surface area (Å²) >= 11 is 0. The van der Waals surface area contributed by atoms with E-state index in [1.165, 1.54) is 19.3 Å². The van der Waals surface area contributed by atoms with Gasteiger partial charge < -0.3 is 25.0 Å². The van der Waals surface area contributed by atoms with Crippen molar-refractivity contribution < 1.29 is 19.0 Å². The summed E-state index contributed by atoms with van der Waals surface area (Å²) in [6, 6.07) is 13.7. The van der Waals surface area contributed by atoms with Crippen LogP contribution in [0.25, 0.3) is 0 Å². The van der Waals surface area contributed by atoms with Crippen molar-refractivity contribution in [2.24, 2.45) is 10.9 Å². The van der Waals surface area contributed by atoms with E-state index in [4.69, 9.17) is 20.1 Å². The molecule has 0 atom stereocenters. The molecule has 37 heavy (non-hydrogen) atoms. The Kier molecular flexibility index (Phi) is 13.1. The first-order chi connectivity index (χ1) is 17.5. The number of carbonyl (C=O) groups is 1. The van der Waals surface area contributed by atoms with Gasteiger partial charge in [0.15, 0.2) is 11.5 Å².